The summed E-state index contributed by atoms with van der Waals surface area (Å²) >= 11 is 12.8. The van der Waals surface area contributed by atoms with Gasteiger partial charge in [0, 0.05) is 28.7 Å². The van der Waals surface area contributed by atoms with Crippen molar-refractivity contribution in [1.82, 2.24) is 15.5 Å². The Morgan fingerprint density at radius 3 is 2.48 bits per heavy atom. The molecule has 1 fully saturated rings. The Kier molecular flexibility index (Phi) is 7.73. The third-order valence-corrected chi connectivity index (χ3v) is 5.70. The fourth-order valence-electron chi connectivity index (χ4n) is 2.67. The highest BCUT2D eigenvalue weighted by molar-refractivity contribution is 8.18. The van der Waals surface area contributed by atoms with Crippen LogP contribution in [0.4, 0.5) is 4.79 Å². The average molecular weight is 478 g/mol. The molecule has 7 nitrogen and oxygen atoms in total. The normalized spacial score (nSPS) is 14.8. The third kappa shape index (κ3) is 6.10. The molecular weight excluding hydrogens is 461 g/mol. The minimum absolute atomic E-state index is 0.00866. The number of carbonyl (C=O) groups excluding carboxylic acids is 4. The molecule has 0 bridgehead atoms. The average Bonchev–Trinajstić information content (AvgIpc) is 3.02. The molecule has 10 heteroatoms. The van der Waals surface area contributed by atoms with E-state index in [4.69, 9.17) is 23.2 Å². The van der Waals surface area contributed by atoms with Gasteiger partial charge in [0.1, 0.15) is 0 Å². The number of amides is 4. The zero-order valence-corrected chi connectivity index (χ0v) is 18.4. The Balaban J connectivity index is 1.48. The van der Waals surface area contributed by atoms with Gasteiger partial charge < -0.3 is 10.6 Å². The van der Waals surface area contributed by atoms with Gasteiger partial charge in [-0.15, -0.1) is 0 Å². The number of nitrogens with one attached hydrogen (secondary N) is 2. The minimum atomic E-state index is -0.465. The lowest BCUT2D eigenvalue weighted by Crippen LogP contribution is -2.41. The van der Waals surface area contributed by atoms with Crippen molar-refractivity contribution in [2.45, 2.75) is 0 Å². The van der Waals surface area contributed by atoms with Gasteiger partial charge in [0.05, 0.1) is 11.4 Å². The van der Waals surface area contributed by atoms with Crippen LogP contribution in [0.2, 0.25) is 10.0 Å². The highest BCUT2D eigenvalue weighted by Crippen LogP contribution is 2.33. The number of carbonyl (C=O) groups is 4. The van der Waals surface area contributed by atoms with E-state index in [0.717, 1.165) is 16.7 Å². The van der Waals surface area contributed by atoms with Gasteiger partial charge in [-0.05, 0) is 47.7 Å². The molecule has 4 amide bonds. The number of hydrogen-bond acceptors (Lipinski definition) is 5. The summed E-state index contributed by atoms with van der Waals surface area (Å²) < 4.78 is 0. The first-order chi connectivity index (χ1) is 14.8. The quantitative estimate of drug-likeness (QED) is 0.594. The Hall–Kier alpha value is -2.81. The van der Waals surface area contributed by atoms with Gasteiger partial charge in [0.25, 0.3) is 17.1 Å². The molecule has 0 radical (unpaired) electrons. The Labute approximate surface area is 192 Å². The number of rotatable bonds is 7. The van der Waals surface area contributed by atoms with Gasteiger partial charge in [0.2, 0.25) is 5.91 Å². The lowest BCUT2D eigenvalue weighted by Gasteiger charge is -2.13. The molecule has 0 atom stereocenters. The largest absolute Gasteiger partial charge is 0.353 e. The van der Waals surface area contributed by atoms with Crippen LogP contribution < -0.4 is 10.6 Å². The van der Waals surface area contributed by atoms with Crippen molar-refractivity contribution < 1.29 is 19.2 Å². The van der Waals surface area contributed by atoms with Gasteiger partial charge in [-0.2, -0.15) is 0 Å². The maximum atomic E-state index is 12.5. The van der Waals surface area contributed by atoms with Crippen LogP contribution in [0.3, 0.4) is 0 Å². The smallest absolute Gasteiger partial charge is 0.293 e. The molecule has 0 unspecified atom stereocenters. The molecule has 2 aromatic carbocycles. The summed E-state index contributed by atoms with van der Waals surface area (Å²) in [6.07, 6.45) is 1.53. The van der Waals surface area contributed by atoms with Crippen LogP contribution >= 0.6 is 35.0 Å². The van der Waals surface area contributed by atoms with E-state index in [-0.39, 0.29) is 30.4 Å². The van der Waals surface area contributed by atoms with Crippen molar-refractivity contribution in [2.75, 3.05) is 19.6 Å². The van der Waals surface area contributed by atoms with Crippen LogP contribution in [0, 0.1) is 0 Å². The van der Waals surface area contributed by atoms with Gasteiger partial charge in [-0.3, -0.25) is 24.1 Å². The van der Waals surface area contributed by atoms with Crippen LogP contribution in [-0.4, -0.2) is 47.5 Å². The predicted molar refractivity (Wildman–Crippen MR) is 121 cm³/mol. The summed E-state index contributed by atoms with van der Waals surface area (Å²) in [5, 5.41) is 5.47. The predicted octanol–water partition coefficient (Wildman–Crippen LogP) is 3.58. The van der Waals surface area contributed by atoms with Crippen molar-refractivity contribution >= 4 is 64.0 Å². The van der Waals surface area contributed by atoms with Gasteiger partial charge in [0.15, 0.2) is 0 Å². The number of hydrogen-bond donors (Lipinski definition) is 2. The van der Waals surface area contributed by atoms with Gasteiger partial charge in [-0.1, -0.05) is 47.5 Å². The molecule has 2 aromatic rings. The number of imide groups is 1. The summed E-state index contributed by atoms with van der Waals surface area (Å²) in [7, 11) is 0. The second-order valence-electron chi connectivity index (χ2n) is 6.40. The summed E-state index contributed by atoms with van der Waals surface area (Å²) in [5.41, 5.74) is 1.01. The summed E-state index contributed by atoms with van der Waals surface area (Å²) in [5.74, 6) is -1.26. The molecule has 1 heterocycles. The lowest BCUT2D eigenvalue weighted by molar-refractivity contribution is -0.124. The molecule has 1 aliphatic heterocycles. The molecule has 1 aliphatic rings. The number of halogens is 2. The van der Waals surface area contributed by atoms with E-state index in [9.17, 15) is 19.2 Å². The van der Waals surface area contributed by atoms with E-state index in [0.29, 0.717) is 21.2 Å². The van der Waals surface area contributed by atoms with E-state index in [1.807, 2.05) is 0 Å². The van der Waals surface area contributed by atoms with Crippen LogP contribution in [0.1, 0.15) is 15.9 Å². The molecule has 0 aromatic heterocycles. The van der Waals surface area contributed by atoms with E-state index >= 15 is 0 Å². The zero-order valence-electron chi connectivity index (χ0n) is 16.1. The lowest BCUT2D eigenvalue weighted by atomic mass is 10.2. The van der Waals surface area contributed by atoms with Crippen LogP contribution in [-0.2, 0) is 9.59 Å². The molecule has 0 aliphatic carbocycles. The van der Waals surface area contributed by atoms with Crippen molar-refractivity contribution in [3.05, 3.63) is 74.6 Å². The van der Waals surface area contributed by atoms with E-state index in [1.165, 1.54) is 6.08 Å². The minimum Gasteiger partial charge on any atom is -0.353 e. The van der Waals surface area contributed by atoms with Crippen molar-refractivity contribution in [2.24, 2.45) is 0 Å². The van der Waals surface area contributed by atoms with Crippen LogP contribution in [0.15, 0.2) is 53.4 Å². The molecule has 31 heavy (non-hydrogen) atoms. The Bertz CT molecular complexity index is 1060. The Morgan fingerprint density at radius 2 is 1.77 bits per heavy atom. The molecule has 160 valence electrons. The number of thioether (sulfide) groups is 1. The van der Waals surface area contributed by atoms with Gasteiger partial charge >= 0.3 is 0 Å². The second-order valence-corrected chi connectivity index (χ2v) is 8.23. The van der Waals surface area contributed by atoms with Gasteiger partial charge in [-0.25, -0.2) is 0 Å². The topological polar surface area (TPSA) is 95.6 Å². The summed E-state index contributed by atoms with van der Waals surface area (Å²) in [4.78, 5) is 49.8. The second kappa shape index (κ2) is 10.5. The van der Waals surface area contributed by atoms with Crippen LogP contribution in [0.5, 0.6) is 0 Å². The molecule has 2 N–H and O–H groups in total. The highest BCUT2D eigenvalue weighted by Gasteiger charge is 2.34. The standard InChI is InChI=1S/C21H17Cl2N3O4S/c22-15-7-6-14(16(23)11-15)10-17-20(29)26(21(30)31-17)9-8-24-18(27)12-25-19(28)13-4-2-1-3-5-13/h1-7,10-11H,8-9,12H2,(H,24,27)(H,25,28)/b17-10-. The fraction of sp³-hybridized carbons (Fsp3) is 0.143. The SMILES string of the molecule is O=C(CNC(=O)c1ccccc1)NCCN1C(=O)S/C(=C\c2ccc(Cl)cc2Cl)C1=O. The van der Waals surface area contributed by atoms with Crippen molar-refractivity contribution in [3.8, 4) is 0 Å². The number of nitrogens with zero attached hydrogens (tertiary/aromatic N) is 1. The van der Waals surface area contributed by atoms with Crippen molar-refractivity contribution in [3.63, 3.8) is 0 Å². The Morgan fingerprint density at radius 1 is 1.03 bits per heavy atom. The maximum Gasteiger partial charge on any atom is 0.293 e. The molecule has 0 saturated carbocycles. The first kappa shape index (κ1) is 22.9. The molecule has 0 spiro atoms. The number of benzene rings is 2. The van der Waals surface area contributed by atoms with E-state index in [2.05, 4.69) is 10.6 Å². The fourth-order valence-corrected chi connectivity index (χ4v) is 3.99. The monoisotopic (exact) mass is 477 g/mol. The highest BCUT2D eigenvalue weighted by atomic mass is 35.5. The summed E-state index contributed by atoms with van der Waals surface area (Å²) in [6, 6.07) is 13.3. The molecule has 3 rings (SSSR count). The first-order valence-corrected chi connectivity index (χ1v) is 10.7. The first-order valence-electron chi connectivity index (χ1n) is 9.15. The maximum absolute atomic E-state index is 12.5. The van der Waals surface area contributed by atoms with Crippen molar-refractivity contribution in [1.29, 1.82) is 0 Å². The summed E-state index contributed by atoms with van der Waals surface area (Å²) in [6.45, 7) is -0.146. The molecule has 1 saturated heterocycles. The van der Waals surface area contributed by atoms with Crippen LogP contribution in [0.25, 0.3) is 6.08 Å². The third-order valence-electron chi connectivity index (χ3n) is 4.23. The molecular formula is C21H17Cl2N3O4S. The van der Waals surface area contributed by atoms with E-state index in [1.54, 1.807) is 48.5 Å². The zero-order chi connectivity index (χ0) is 22.4. The van der Waals surface area contributed by atoms with E-state index < -0.39 is 17.1 Å².